The van der Waals surface area contributed by atoms with Crippen molar-refractivity contribution in [2.75, 3.05) is 0 Å². The molecule has 0 atom stereocenters. The molecule has 1 aliphatic rings. The van der Waals surface area contributed by atoms with E-state index in [4.69, 9.17) is 0 Å². The second kappa shape index (κ2) is 5.80. The molecule has 100 valence electrons. The predicted molar refractivity (Wildman–Crippen MR) is 67.7 cm³/mol. The number of hydrogen-bond donors (Lipinski definition) is 2. The van der Waals surface area contributed by atoms with Crippen LogP contribution in [0.15, 0.2) is 11.6 Å². The Hall–Kier alpha value is -1.65. The molecule has 5 heteroatoms. The van der Waals surface area contributed by atoms with Crippen molar-refractivity contribution in [2.45, 2.75) is 46.5 Å². The standard InChI is InChI=1S/C13H20N2O3/c1-4-7-9(8-5-2)13(6-3)10(16)14-12(18)15-11(13)17/h7H,4-6,8H2,1-3H3,(H2,14,15,16,17,18)/b9-7-. The zero-order chi connectivity index (χ0) is 13.8. The fourth-order valence-electron chi connectivity index (χ4n) is 2.40. The van der Waals surface area contributed by atoms with E-state index >= 15 is 0 Å². The maximum atomic E-state index is 12.1. The van der Waals surface area contributed by atoms with E-state index in [9.17, 15) is 14.4 Å². The van der Waals surface area contributed by atoms with Crippen LogP contribution in [0.4, 0.5) is 4.79 Å². The first kappa shape index (κ1) is 14.4. The van der Waals surface area contributed by atoms with E-state index in [1.54, 1.807) is 6.92 Å². The number of allylic oxidation sites excluding steroid dienone is 1. The Bertz CT molecular complexity index is 379. The van der Waals surface area contributed by atoms with Crippen molar-refractivity contribution in [3.63, 3.8) is 0 Å². The lowest BCUT2D eigenvalue weighted by Crippen LogP contribution is -2.62. The van der Waals surface area contributed by atoms with Crippen molar-refractivity contribution in [1.82, 2.24) is 10.6 Å². The topological polar surface area (TPSA) is 75.3 Å². The number of barbiturate groups is 1. The maximum Gasteiger partial charge on any atom is 0.328 e. The van der Waals surface area contributed by atoms with Crippen LogP contribution in [-0.4, -0.2) is 17.8 Å². The lowest BCUT2D eigenvalue weighted by molar-refractivity contribution is -0.142. The molecular formula is C13H20N2O3. The molecule has 1 fully saturated rings. The summed E-state index contributed by atoms with van der Waals surface area (Å²) in [5.74, 6) is -1.01. The molecule has 0 spiro atoms. The maximum absolute atomic E-state index is 12.1. The number of rotatable bonds is 5. The summed E-state index contributed by atoms with van der Waals surface area (Å²) in [6.07, 6.45) is 4.55. The van der Waals surface area contributed by atoms with Crippen LogP contribution < -0.4 is 10.6 Å². The van der Waals surface area contributed by atoms with Gasteiger partial charge >= 0.3 is 6.03 Å². The lowest BCUT2D eigenvalue weighted by Gasteiger charge is -2.35. The Morgan fingerprint density at radius 3 is 2.06 bits per heavy atom. The van der Waals surface area contributed by atoms with Crippen LogP contribution in [0.2, 0.25) is 0 Å². The Kier molecular flexibility index (Phi) is 4.64. The molecule has 18 heavy (non-hydrogen) atoms. The highest BCUT2D eigenvalue weighted by Gasteiger charge is 2.50. The van der Waals surface area contributed by atoms with E-state index in [-0.39, 0.29) is 0 Å². The Morgan fingerprint density at radius 2 is 1.67 bits per heavy atom. The highest BCUT2D eigenvalue weighted by molar-refractivity contribution is 6.21. The first-order valence-corrected chi connectivity index (χ1v) is 6.39. The van der Waals surface area contributed by atoms with E-state index < -0.39 is 23.3 Å². The van der Waals surface area contributed by atoms with Gasteiger partial charge in [-0.25, -0.2) is 4.79 Å². The van der Waals surface area contributed by atoms with Crippen LogP contribution in [0.3, 0.4) is 0 Å². The van der Waals surface area contributed by atoms with E-state index in [1.807, 2.05) is 19.9 Å². The second-order valence-electron chi connectivity index (χ2n) is 4.38. The van der Waals surface area contributed by atoms with Crippen LogP contribution >= 0.6 is 0 Å². The van der Waals surface area contributed by atoms with Crippen LogP contribution in [0.25, 0.3) is 0 Å². The number of imide groups is 2. The summed E-state index contributed by atoms with van der Waals surface area (Å²) < 4.78 is 0. The number of carbonyl (C=O) groups is 3. The third kappa shape index (κ3) is 2.30. The Labute approximate surface area is 107 Å². The molecular weight excluding hydrogens is 232 g/mol. The van der Waals surface area contributed by atoms with Gasteiger partial charge in [-0.05, 0) is 24.8 Å². The molecule has 0 saturated carbocycles. The molecule has 1 saturated heterocycles. The van der Waals surface area contributed by atoms with Crippen molar-refractivity contribution in [2.24, 2.45) is 5.41 Å². The van der Waals surface area contributed by atoms with Crippen LogP contribution in [0.1, 0.15) is 46.5 Å². The fraction of sp³-hybridized carbons (Fsp3) is 0.615. The van der Waals surface area contributed by atoms with Crippen LogP contribution in [-0.2, 0) is 9.59 Å². The molecule has 2 N–H and O–H groups in total. The first-order chi connectivity index (χ1) is 8.52. The largest absolute Gasteiger partial charge is 0.328 e. The molecule has 1 rings (SSSR count). The molecule has 0 aromatic carbocycles. The van der Waals surface area contributed by atoms with E-state index in [1.165, 1.54) is 0 Å². The minimum absolute atomic E-state index is 0.351. The number of nitrogens with one attached hydrogen (secondary N) is 2. The third-order valence-electron chi connectivity index (χ3n) is 3.28. The number of carbonyl (C=O) groups excluding carboxylic acids is 3. The molecule has 0 bridgehead atoms. The minimum Gasteiger partial charge on any atom is -0.277 e. The monoisotopic (exact) mass is 252 g/mol. The van der Waals surface area contributed by atoms with Gasteiger partial charge in [0.15, 0.2) is 0 Å². The Balaban J connectivity index is 3.24. The summed E-state index contributed by atoms with van der Waals surface area (Å²) in [7, 11) is 0. The molecule has 0 aromatic rings. The summed E-state index contributed by atoms with van der Waals surface area (Å²) in [5, 5.41) is 4.40. The van der Waals surface area contributed by atoms with Gasteiger partial charge in [-0.3, -0.25) is 20.2 Å². The summed E-state index contributed by atoms with van der Waals surface area (Å²) in [5.41, 5.74) is -0.419. The van der Waals surface area contributed by atoms with Gasteiger partial charge < -0.3 is 0 Å². The average molecular weight is 252 g/mol. The normalized spacial score (nSPS) is 19.5. The van der Waals surface area contributed by atoms with Crippen molar-refractivity contribution in [1.29, 1.82) is 0 Å². The third-order valence-corrected chi connectivity index (χ3v) is 3.28. The molecule has 0 aliphatic carbocycles. The number of urea groups is 1. The number of hydrogen-bond acceptors (Lipinski definition) is 3. The van der Waals surface area contributed by atoms with Gasteiger partial charge in [0.1, 0.15) is 5.41 Å². The molecule has 1 heterocycles. The number of amides is 4. The van der Waals surface area contributed by atoms with Crippen LogP contribution in [0, 0.1) is 5.41 Å². The minimum atomic E-state index is -1.22. The van der Waals surface area contributed by atoms with Crippen LogP contribution in [0.5, 0.6) is 0 Å². The van der Waals surface area contributed by atoms with Crippen molar-refractivity contribution >= 4 is 17.8 Å². The van der Waals surface area contributed by atoms with Gasteiger partial charge in [0.2, 0.25) is 11.8 Å². The predicted octanol–water partition coefficient (Wildman–Crippen LogP) is 1.89. The zero-order valence-electron chi connectivity index (χ0n) is 11.1. The Morgan fingerprint density at radius 1 is 1.11 bits per heavy atom. The molecule has 0 aromatic heterocycles. The second-order valence-corrected chi connectivity index (χ2v) is 4.38. The SMILES string of the molecule is CC/C=C(/CCC)C1(CC)C(=O)NC(=O)NC1=O. The van der Waals surface area contributed by atoms with Crippen molar-refractivity contribution in [3.8, 4) is 0 Å². The van der Waals surface area contributed by atoms with Gasteiger partial charge in [0.05, 0.1) is 0 Å². The summed E-state index contributed by atoms with van der Waals surface area (Å²) in [6, 6.07) is -0.735. The van der Waals surface area contributed by atoms with Crippen molar-refractivity contribution in [3.05, 3.63) is 11.6 Å². The summed E-state index contributed by atoms with van der Waals surface area (Å²) in [4.78, 5) is 35.4. The summed E-state index contributed by atoms with van der Waals surface area (Å²) >= 11 is 0. The fourth-order valence-corrected chi connectivity index (χ4v) is 2.40. The van der Waals surface area contributed by atoms with Gasteiger partial charge in [-0.15, -0.1) is 0 Å². The van der Waals surface area contributed by atoms with Gasteiger partial charge in [0.25, 0.3) is 0 Å². The average Bonchev–Trinajstić information content (AvgIpc) is 2.29. The van der Waals surface area contributed by atoms with Gasteiger partial charge in [-0.2, -0.15) is 0 Å². The van der Waals surface area contributed by atoms with E-state index in [0.29, 0.717) is 12.8 Å². The first-order valence-electron chi connectivity index (χ1n) is 6.39. The van der Waals surface area contributed by atoms with E-state index in [2.05, 4.69) is 10.6 Å². The molecule has 4 amide bonds. The van der Waals surface area contributed by atoms with Gasteiger partial charge in [-0.1, -0.05) is 33.3 Å². The zero-order valence-corrected chi connectivity index (χ0v) is 11.1. The highest BCUT2D eigenvalue weighted by atomic mass is 16.2. The quantitative estimate of drug-likeness (QED) is 0.579. The lowest BCUT2D eigenvalue weighted by atomic mass is 9.73. The molecule has 0 radical (unpaired) electrons. The summed E-state index contributed by atoms with van der Waals surface area (Å²) in [6.45, 7) is 5.74. The molecule has 1 aliphatic heterocycles. The van der Waals surface area contributed by atoms with Gasteiger partial charge in [0, 0.05) is 0 Å². The smallest absolute Gasteiger partial charge is 0.277 e. The van der Waals surface area contributed by atoms with E-state index in [0.717, 1.165) is 18.4 Å². The van der Waals surface area contributed by atoms with Crippen molar-refractivity contribution < 1.29 is 14.4 Å². The highest BCUT2D eigenvalue weighted by Crippen LogP contribution is 2.36. The molecule has 5 nitrogen and oxygen atoms in total. The molecule has 0 unspecified atom stereocenters.